The molecule has 2 aliphatic rings. The van der Waals surface area contributed by atoms with E-state index in [1.165, 1.54) is 12.8 Å². The maximum absolute atomic E-state index is 12.4. The summed E-state index contributed by atoms with van der Waals surface area (Å²) in [7, 11) is 1.61. The van der Waals surface area contributed by atoms with Crippen LogP contribution in [0.4, 0.5) is 5.82 Å². The lowest BCUT2D eigenvalue weighted by Gasteiger charge is -2.17. The van der Waals surface area contributed by atoms with E-state index < -0.39 is 0 Å². The summed E-state index contributed by atoms with van der Waals surface area (Å²) in [6.07, 6.45) is 4.49. The zero-order valence-corrected chi connectivity index (χ0v) is 14.7. The molecule has 0 radical (unpaired) electrons. The third-order valence-corrected chi connectivity index (χ3v) is 4.86. The number of anilines is 1. The number of aromatic nitrogens is 1. The maximum Gasteiger partial charge on any atom is 0.225 e. The summed E-state index contributed by atoms with van der Waals surface area (Å²) >= 11 is 0. The number of ether oxygens (including phenoxy) is 1. The first-order valence-corrected chi connectivity index (χ1v) is 8.91. The Balaban J connectivity index is 1.51. The van der Waals surface area contributed by atoms with Gasteiger partial charge in [0.25, 0.3) is 0 Å². The van der Waals surface area contributed by atoms with Gasteiger partial charge in [-0.2, -0.15) is 0 Å². The first-order chi connectivity index (χ1) is 12.2. The number of likely N-dealkylation sites (tertiary alicyclic amines) is 1. The minimum Gasteiger partial charge on any atom is -0.383 e. The van der Waals surface area contributed by atoms with E-state index in [0.717, 1.165) is 24.5 Å². The second-order valence-corrected chi connectivity index (χ2v) is 6.67. The quantitative estimate of drug-likeness (QED) is 0.790. The van der Waals surface area contributed by atoms with Gasteiger partial charge in [0, 0.05) is 52.5 Å². The fourth-order valence-electron chi connectivity index (χ4n) is 3.39. The van der Waals surface area contributed by atoms with Crippen LogP contribution in [-0.2, 0) is 20.9 Å². The van der Waals surface area contributed by atoms with Crippen molar-refractivity contribution in [3.05, 3.63) is 23.9 Å². The molecule has 2 fully saturated rings. The number of carbonyl (C=O) groups excluding carboxylic acids is 2. The van der Waals surface area contributed by atoms with E-state index in [-0.39, 0.29) is 24.2 Å². The lowest BCUT2D eigenvalue weighted by Crippen LogP contribution is -2.33. The van der Waals surface area contributed by atoms with E-state index in [9.17, 15) is 9.59 Å². The lowest BCUT2D eigenvalue weighted by atomic mass is 10.1. The topological polar surface area (TPSA) is 74.8 Å². The van der Waals surface area contributed by atoms with Gasteiger partial charge in [-0.1, -0.05) is 0 Å². The molecule has 2 aliphatic heterocycles. The van der Waals surface area contributed by atoms with E-state index in [4.69, 9.17) is 4.74 Å². The number of nitrogens with one attached hydrogen (secondary N) is 1. The Kier molecular flexibility index (Phi) is 5.86. The molecule has 2 amide bonds. The van der Waals surface area contributed by atoms with Gasteiger partial charge < -0.3 is 19.9 Å². The highest BCUT2D eigenvalue weighted by atomic mass is 16.5. The van der Waals surface area contributed by atoms with Crippen LogP contribution in [0.15, 0.2) is 18.3 Å². The predicted molar refractivity (Wildman–Crippen MR) is 94.1 cm³/mol. The number of hydrogen-bond donors (Lipinski definition) is 1. The average Bonchev–Trinajstić information content (AvgIpc) is 3.28. The molecule has 2 saturated heterocycles. The predicted octanol–water partition coefficient (Wildman–Crippen LogP) is 0.793. The third-order valence-electron chi connectivity index (χ3n) is 4.86. The molecule has 1 N–H and O–H groups in total. The number of hydrogen-bond acceptors (Lipinski definition) is 5. The summed E-state index contributed by atoms with van der Waals surface area (Å²) < 4.78 is 5.00. The minimum absolute atomic E-state index is 0.0254. The van der Waals surface area contributed by atoms with Crippen LogP contribution in [0.1, 0.15) is 24.8 Å². The molecule has 0 bridgehead atoms. The van der Waals surface area contributed by atoms with E-state index in [1.54, 1.807) is 18.2 Å². The molecule has 25 heavy (non-hydrogen) atoms. The molecule has 0 aliphatic carbocycles. The molecule has 1 aromatic rings. The molecule has 3 rings (SSSR count). The second kappa shape index (κ2) is 8.29. The SMILES string of the molecule is COCCN1CC(C(=O)NCc2ccnc(N3CCCC3)c2)CC1=O. The van der Waals surface area contributed by atoms with Gasteiger partial charge >= 0.3 is 0 Å². The molecule has 1 unspecified atom stereocenters. The van der Waals surface area contributed by atoms with Crippen LogP contribution in [0.5, 0.6) is 0 Å². The summed E-state index contributed by atoms with van der Waals surface area (Å²) in [6.45, 7) is 4.07. The summed E-state index contributed by atoms with van der Waals surface area (Å²) in [5, 5.41) is 2.96. The van der Waals surface area contributed by atoms with E-state index >= 15 is 0 Å². The van der Waals surface area contributed by atoms with Gasteiger partial charge in [-0.15, -0.1) is 0 Å². The standard InChI is InChI=1S/C18H26N4O3/c1-25-9-8-22-13-15(11-17(22)23)18(24)20-12-14-4-5-19-16(10-14)21-6-2-3-7-21/h4-5,10,15H,2-3,6-9,11-13H2,1H3,(H,20,24). The van der Waals surface area contributed by atoms with Crippen molar-refractivity contribution in [2.24, 2.45) is 5.92 Å². The molecule has 0 saturated carbocycles. The van der Waals surface area contributed by atoms with Crippen LogP contribution >= 0.6 is 0 Å². The summed E-state index contributed by atoms with van der Waals surface area (Å²) in [4.78, 5) is 32.7. The van der Waals surface area contributed by atoms with Crippen LogP contribution < -0.4 is 10.2 Å². The second-order valence-electron chi connectivity index (χ2n) is 6.67. The molecule has 136 valence electrons. The van der Waals surface area contributed by atoms with Crippen LogP contribution in [0.2, 0.25) is 0 Å². The van der Waals surface area contributed by atoms with E-state index in [2.05, 4.69) is 15.2 Å². The Hall–Kier alpha value is -2.15. The number of nitrogens with zero attached hydrogens (tertiary/aromatic N) is 3. The molecular weight excluding hydrogens is 320 g/mol. The van der Waals surface area contributed by atoms with Gasteiger partial charge in [0.1, 0.15) is 5.82 Å². The van der Waals surface area contributed by atoms with Crippen molar-refractivity contribution in [2.45, 2.75) is 25.8 Å². The van der Waals surface area contributed by atoms with E-state index in [1.807, 2.05) is 12.1 Å². The molecular formula is C18H26N4O3. The highest BCUT2D eigenvalue weighted by molar-refractivity contribution is 5.89. The normalized spacial score (nSPS) is 20.4. The molecule has 3 heterocycles. The van der Waals surface area contributed by atoms with Crippen molar-refractivity contribution >= 4 is 17.6 Å². The number of rotatable bonds is 7. The highest BCUT2D eigenvalue weighted by Crippen LogP contribution is 2.20. The Morgan fingerprint density at radius 2 is 2.20 bits per heavy atom. The van der Waals surface area contributed by atoms with Gasteiger partial charge in [0.2, 0.25) is 11.8 Å². The van der Waals surface area contributed by atoms with Crippen LogP contribution in [0.25, 0.3) is 0 Å². The first kappa shape index (κ1) is 17.7. The van der Waals surface area contributed by atoms with Gasteiger partial charge in [-0.3, -0.25) is 9.59 Å². The maximum atomic E-state index is 12.4. The van der Waals surface area contributed by atoms with Crippen molar-refractivity contribution in [1.82, 2.24) is 15.2 Å². The number of methoxy groups -OCH3 is 1. The van der Waals surface area contributed by atoms with Gasteiger partial charge in [0.05, 0.1) is 12.5 Å². The van der Waals surface area contributed by atoms with Crippen molar-refractivity contribution in [2.75, 3.05) is 44.8 Å². The Morgan fingerprint density at radius 1 is 1.40 bits per heavy atom. The fourth-order valence-corrected chi connectivity index (χ4v) is 3.39. The van der Waals surface area contributed by atoms with Crippen LogP contribution in [0, 0.1) is 5.92 Å². The lowest BCUT2D eigenvalue weighted by molar-refractivity contribution is -0.129. The highest BCUT2D eigenvalue weighted by Gasteiger charge is 2.33. The number of carbonyl (C=O) groups is 2. The van der Waals surface area contributed by atoms with Crippen LogP contribution in [0.3, 0.4) is 0 Å². The van der Waals surface area contributed by atoms with E-state index in [0.29, 0.717) is 26.2 Å². The Morgan fingerprint density at radius 3 is 2.96 bits per heavy atom. The summed E-state index contributed by atoms with van der Waals surface area (Å²) in [5.74, 6) is 0.667. The minimum atomic E-state index is -0.274. The molecule has 1 aromatic heterocycles. The molecule has 7 nitrogen and oxygen atoms in total. The van der Waals surface area contributed by atoms with Crippen molar-refractivity contribution in [1.29, 1.82) is 0 Å². The molecule has 7 heteroatoms. The molecule has 0 aromatic carbocycles. The van der Waals surface area contributed by atoms with Crippen LogP contribution in [-0.4, -0.2) is 61.6 Å². The first-order valence-electron chi connectivity index (χ1n) is 8.91. The van der Waals surface area contributed by atoms with Gasteiger partial charge in [-0.25, -0.2) is 4.98 Å². The fraction of sp³-hybridized carbons (Fsp3) is 0.611. The largest absolute Gasteiger partial charge is 0.383 e. The average molecular weight is 346 g/mol. The summed E-state index contributed by atoms with van der Waals surface area (Å²) in [5.41, 5.74) is 1.03. The van der Waals surface area contributed by atoms with Gasteiger partial charge in [0.15, 0.2) is 0 Å². The smallest absolute Gasteiger partial charge is 0.225 e. The summed E-state index contributed by atoms with van der Waals surface area (Å²) in [6, 6.07) is 3.96. The zero-order chi connectivity index (χ0) is 17.6. The number of amides is 2. The third kappa shape index (κ3) is 4.48. The van der Waals surface area contributed by atoms with Crippen molar-refractivity contribution < 1.29 is 14.3 Å². The molecule has 1 atom stereocenters. The Labute approximate surface area is 148 Å². The van der Waals surface area contributed by atoms with Crippen molar-refractivity contribution in [3.8, 4) is 0 Å². The van der Waals surface area contributed by atoms with Crippen molar-refractivity contribution in [3.63, 3.8) is 0 Å². The Bertz CT molecular complexity index is 616. The zero-order valence-electron chi connectivity index (χ0n) is 14.7. The molecule has 0 spiro atoms. The monoisotopic (exact) mass is 346 g/mol. The van der Waals surface area contributed by atoms with Gasteiger partial charge in [-0.05, 0) is 30.5 Å². The number of pyridine rings is 1.